The summed E-state index contributed by atoms with van der Waals surface area (Å²) >= 11 is 0.989. The Balaban J connectivity index is 2.36. The Hall–Kier alpha value is -1.84. The summed E-state index contributed by atoms with van der Waals surface area (Å²) < 4.78 is 39.8. The molecule has 2 rings (SSSR count). The number of nitrogens with one attached hydrogen (secondary N) is 1. The first-order valence-electron chi connectivity index (χ1n) is 5.62. The molecule has 6 nitrogen and oxygen atoms in total. The van der Waals surface area contributed by atoms with Crippen LogP contribution in [0.3, 0.4) is 0 Å². The molecule has 0 aliphatic heterocycles. The molecule has 1 N–H and O–H groups in total. The first kappa shape index (κ1) is 14.6. The van der Waals surface area contributed by atoms with Crippen LogP contribution in [0.2, 0.25) is 0 Å². The summed E-state index contributed by atoms with van der Waals surface area (Å²) in [6, 6.07) is 0.889. The first-order chi connectivity index (χ1) is 9.40. The second-order valence-electron chi connectivity index (χ2n) is 3.71. The van der Waals surface area contributed by atoms with Gasteiger partial charge in [-0.3, -0.25) is 0 Å². The highest BCUT2D eigenvalue weighted by molar-refractivity contribution is 7.99. The molecule has 0 saturated heterocycles. The van der Waals surface area contributed by atoms with Crippen LogP contribution in [0.4, 0.5) is 19.1 Å². The van der Waals surface area contributed by atoms with E-state index in [1.54, 1.807) is 14.0 Å². The van der Waals surface area contributed by atoms with Crippen LogP contribution >= 0.6 is 11.8 Å². The molecule has 0 amide bonds. The van der Waals surface area contributed by atoms with Gasteiger partial charge in [0.2, 0.25) is 5.95 Å². The van der Waals surface area contributed by atoms with E-state index in [9.17, 15) is 13.2 Å². The Labute approximate surface area is 116 Å². The largest absolute Gasteiger partial charge is 0.433 e. The normalized spacial score (nSPS) is 11.7. The van der Waals surface area contributed by atoms with E-state index in [0.29, 0.717) is 11.7 Å². The van der Waals surface area contributed by atoms with Crippen LogP contribution < -0.4 is 5.32 Å². The summed E-state index contributed by atoms with van der Waals surface area (Å²) in [6.07, 6.45) is -3.21. The molecule has 2 heterocycles. The van der Waals surface area contributed by atoms with E-state index < -0.39 is 11.9 Å². The molecule has 0 aliphatic rings. The fraction of sp³-hybridized carbons (Fsp3) is 0.400. The molecular weight excluding hydrogens is 293 g/mol. The highest BCUT2D eigenvalue weighted by Gasteiger charge is 2.33. The molecule has 0 aliphatic carbocycles. The predicted molar refractivity (Wildman–Crippen MR) is 66.3 cm³/mol. The van der Waals surface area contributed by atoms with E-state index in [0.717, 1.165) is 17.8 Å². The first-order valence-corrected chi connectivity index (χ1v) is 6.43. The lowest BCUT2D eigenvalue weighted by atomic mass is 10.4. The number of hydrogen-bond donors (Lipinski definition) is 1. The summed E-state index contributed by atoms with van der Waals surface area (Å²) in [6.45, 7) is 2.18. The number of aryl methyl sites for hydroxylation is 1. The summed E-state index contributed by atoms with van der Waals surface area (Å²) in [4.78, 5) is 11.4. The summed E-state index contributed by atoms with van der Waals surface area (Å²) in [7, 11) is 1.65. The lowest BCUT2D eigenvalue weighted by Crippen LogP contribution is -2.12. The second kappa shape index (κ2) is 5.65. The minimum atomic E-state index is -4.53. The van der Waals surface area contributed by atoms with Crippen molar-refractivity contribution >= 4 is 17.7 Å². The molecular formula is C10H11F3N6S. The maximum atomic E-state index is 12.8. The van der Waals surface area contributed by atoms with Crippen molar-refractivity contribution in [2.75, 3.05) is 11.9 Å². The number of nitrogens with zero attached hydrogens (tertiary/aromatic N) is 5. The minimum absolute atomic E-state index is 0.0630. The van der Waals surface area contributed by atoms with Crippen molar-refractivity contribution in [3.8, 4) is 0 Å². The van der Waals surface area contributed by atoms with Gasteiger partial charge in [0.25, 0.3) is 0 Å². The molecule has 0 unspecified atom stereocenters. The molecule has 10 heteroatoms. The van der Waals surface area contributed by atoms with E-state index in [2.05, 4.69) is 25.4 Å². The zero-order valence-corrected chi connectivity index (χ0v) is 11.5. The average Bonchev–Trinajstić information content (AvgIpc) is 2.74. The summed E-state index contributed by atoms with van der Waals surface area (Å²) in [5.74, 6) is -0.0630. The second-order valence-corrected chi connectivity index (χ2v) is 4.70. The van der Waals surface area contributed by atoms with Crippen LogP contribution in [0, 0.1) is 0 Å². The van der Waals surface area contributed by atoms with Gasteiger partial charge in [-0.15, -0.1) is 0 Å². The minimum Gasteiger partial charge on any atom is -0.354 e. The van der Waals surface area contributed by atoms with Crippen molar-refractivity contribution in [3.05, 3.63) is 18.1 Å². The molecule has 2 aromatic rings. The van der Waals surface area contributed by atoms with Gasteiger partial charge in [0.15, 0.2) is 10.9 Å². The molecule has 0 atom stereocenters. The SMILES string of the molecule is CCNc1nc(Sc2ncnn2C)cc(C(F)(F)F)n1. The lowest BCUT2D eigenvalue weighted by molar-refractivity contribution is -0.141. The Morgan fingerprint density at radius 3 is 2.65 bits per heavy atom. The Morgan fingerprint density at radius 1 is 1.35 bits per heavy atom. The number of halogens is 3. The molecule has 108 valence electrons. The maximum Gasteiger partial charge on any atom is 0.433 e. The molecule has 0 saturated carbocycles. The zero-order valence-electron chi connectivity index (χ0n) is 10.6. The monoisotopic (exact) mass is 304 g/mol. The Bertz CT molecular complexity index is 597. The standard InChI is InChI=1S/C10H11F3N6S/c1-3-14-8-17-6(10(11,12)13)4-7(18-8)20-9-15-5-16-19(9)2/h4-5H,3H2,1-2H3,(H,14,17,18). The van der Waals surface area contributed by atoms with Gasteiger partial charge in [0.1, 0.15) is 11.4 Å². The molecule has 0 aromatic carbocycles. The van der Waals surface area contributed by atoms with E-state index in [1.165, 1.54) is 11.0 Å². The van der Waals surface area contributed by atoms with Gasteiger partial charge >= 0.3 is 6.18 Å². The third-order valence-electron chi connectivity index (χ3n) is 2.19. The van der Waals surface area contributed by atoms with Gasteiger partial charge in [0, 0.05) is 19.7 Å². The highest BCUT2D eigenvalue weighted by Crippen LogP contribution is 2.32. The van der Waals surface area contributed by atoms with Gasteiger partial charge in [-0.1, -0.05) is 0 Å². The van der Waals surface area contributed by atoms with Crippen molar-refractivity contribution in [1.29, 1.82) is 0 Å². The van der Waals surface area contributed by atoms with Crippen molar-refractivity contribution < 1.29 is 13.2 Å². The van der Waals surface area contributed by atoms with Gasteiger partial charge in [0.05, 0.1) is 0 Å². The zero-order chi connectivity index (χ0) is 14.8. The number of rotatable bonds is 4. The molecule has 20 heavy (non-hydrogen) atoms. The van der Waals surface area contributed by atoms with E-state index in [1.807, 2.05) is 0 Å². The van der Waals surface area contributed by atoms with Crippen LogP contribution in [0.25, 0.3) is 0 Å². The van der Waals surface area contributed by atoms with Crippen molar-refractivity contribution in [1.82, 2.24) is 24.7 Å². The smallest absolute Gasteiger partial charge is 0.354 e. The van der Waals surface area contributed by atoms with E-state index in [4.69, 9.17) is 0 Å². The van der Waals surface area contributed by atoms with Crippen LogP contribution in [0.15, 0.2) is 22.6 Å². The van der Waals surface area contributed by atoms with Crippen LogP contribution in [-0.2, 0) is 13.2 Å². The molecule has 0 spiro atoms. The predicted octanol–water partition coefficient (Wildman–Crippen LogP) is 2.21. The quantitative estimate of drug-likeness (QED) is 0.873. The third kappa shape index (κ3) is 3.38. The van der Waals surface area contributed by atoms with Crippen LogP contribution in [0.1, 0.15) is 12.6 Å². The average molecular weight is 304 g/mol. The number of anilines is 1. The van der Waals surface area contributed by atoms with Crippen LogP contribution in [0.5, 0.6) is 0 Å². The molecule has 0 bridgehead atoms. The maximum absolute atomic E-state index is 12.8. The van der Waals surface area contributed by atoms with Crippen LogP contribution in [-0.4, -0.2) is 31.3 Å². The Morgan fingerprint density at radius 2 is 2.10 bits per heavy atom. The topological polar surface area (TPSA) is 68.5 Å². The van der Waals surface area contributed by atoms with E-state index >= 15 is 0 Å². The van der Waals surface area contributed by atoms with Gasteiger partial charge in [-0.2, -0.15) is 18.3 Å². The number of aromatic nitrogens is 5. The third-order valence-corrected chi connectivity index (χ3v) is 3.16. The molecule has 0 fully saturated rings. The van der Waals surface area contributed by atoms with Gasteiger partial charge in [-0.25, -0.2) is 19.6 Å². The molecule has 0 radical (unpaired) electrons. The van der Waals surface area contributed by atoms with Crippen molar-refractivity contribution in [3.63, 3.8) is 0 Å². The Kier molecular flexibility index (Phi) is 4.12. The number of hydrogen-bond acceptors (Lipinski definition) is 6. The van der Waals surface area contributed by atoms with Gasteiger partial charge < -0.3 is 5.32 Å². The molecule has 2 aromatic heterocycles. The van der Waals surface area contributed by atoms with E-state index in [-0.39, 0.29) is 11.0 Å². The van der Waals surface area contributed by atoms with Gasteiger partial charge in [-0.05, 0) is 18.7 Å². The van der Waals surface area contributed by atoms with Crippen molar-refractivity contribution in [2.45, 2.75) is 23.3 Å². The lowest BCUT2D eigenvalue weighted by Gasteiger charge is -2.10. The highest BCUT2D eigenvalue weighted by atomic mass is 32.2. The fourth-order valence-corrected chi connectivity index (χ4v) is 2.10. The van der Waals surface area contributed by atoms with Crippen molar-refractivity contribution in [2.24, 2.45) is 7.05 Å². The number of alkyl halides is 3. The summed E-state index contributed by atoms with van der Waals surface area (Å²) in [5, 5.41) is 7.12. The summed E-state index contributed by atoms with van der Waals surface area (Å²) in [5.41, 5.74) is -0.992. The fourth-order valence-electron chi connectivity index (χ4n) is 1.33.